The lowest BCUT2D eigenvalue weighted by molar-refractivity contribution is 0.979. The van der Waals surface area contributed by atoms with Crippen molar-refractivity contribution < 1.29 is 0 Å². The second kappa shape index (κ2) is 13.4. The fourth-order valence-electron chi connectivity index (χ4n) is 7.76. The normalized spacial score (nSPS) is 11.3. The number of hydrogen-bond donors (Lipinski definition) is 0. The van der Waals surface area contributed by atoms with Crippen LogP contribution in [0.3, 0.4) is 0 Å². The van der Waals surface area contributed by atoms with E-state index >= 15 is 0 Å². The van der Waals surface area contributed by atoms with E-state index in [-0.39, 0.29) is 0 Å². The van der Waals surface area contributed by atoms with Gasteiger partial charge in [0.25, 0.3) is 0 Å². The molecule has 2 aromatic heterocycles. The van der Waals surface area contributed by atoms with Gasteiger partial charge >= 0.3 is 0 Å². The van der Waals surface area contributed by atoms with Crippen LogP contribution >= 0.6 is 0 Å². The molecule has 3 heteroatoms. The van der Waals surface area contributed by atoms with Crippen LogP contribution in [0.1, 0.15) is 0 Å². The Morgan fingerprint density at radius 1 is 0.352 bits per heavy atom. The molecule has 0 amide bonds. The summed E-state index contributed by atoms with van der Waals surface area (Å²) in [5.74, 6) is 0. The minimum atomic E-state index is 0.966. The van der Waals surface area contributed by atoms with E-state index in [4.69, 9.17) is 5.10 Å². The predicted octanol–water partition coefficient (Wildman–Crippen LogP) is 13.8. The van der Waals surface area contributed by atoms with E-state index in [9.17, 15) is 0 Å². The maximum atomic E-state index is 5.39. The van der Waals surface area contributed by atoms with Crippen LogP contribution in [0.25, 0.3) is 71.8 Å². The van der Waals surface area contributed by atoms with Gasteiger partial charge in [0.05, 0.1) is 11.2 Å². The summed E-state index contributed by atoms with van der Waals surface area (Å²) in [5.41, 5.74) is 13.2. The highest BCUT2D eigenvalue weighted by Gasteiger charge is 2.22. The fourth-order valence-corrected chi connectivity index (χ4v) is 7.76. The molecular formula is C51H35N3. The van der Waals surface area contributed by atoms with Crippen LogP contribution in [-0.4, -0.2) is 9.61 Å². The molecule has 0 fully saturated rings. The summed E-state index contributed by atoms with van der Waals surface area (Å²) in [6, 6.07) is 75.8. The molecule has 0 atom stereocenters. The second-order valence-electron chi connectivity index (χ2n) is 13.7. The van der Waals surface area contributed by atoms with Gasteiger partial charge in [0.2, 0.25) is 0 Å². The van der Waals surface area contributed by atoms with Gasteiger partial charge in [-0.3, -0.25) is 0 Å². The molecule has 0 bridgehead atoms. The Bertz CT molecular complexity index is 2900. The van der Waals surface area contributed by atoms with Gasteiger partial charge in [-0.05, 0) is 81.4 Å². The number of anilines is 3. The summed E-state index contributed by atoms with van der Waals surface area (Å²) in [5, 5.41) is 10.2. The van der Waals surface area contributed by atoms with Crippen LogP contribution in [0.2, 0.25) is 0 Å². The van der Waals surface area contributed by atoms with Crippen LogP contribution < -0.4 is 4.90 Å². The van der Waals surface area contributed by atoms with Crippen molar-refractivity contribution in [1.29, 1.82) is 0 Å². The van der Waals surface area contributed by atoms with Crippen molar-refractivity contribution in [2.75, 3.05) is 4.90 Å². The van der Waals surface area contributed by atoms with E-state index in [0.717, 1.165) is 67.0 Å². The zero-order valence-corrected chi connectivity index (χ0v) is 29.5. The molecule has 0 N–H and O–H groups in total. The van der Waals surface area contributed by atoms with Gasteiger partial charge in [0.15, 0.2) is 0 Å². The molecule has 2 heterocycles. The number of para-hydroxylation sites is 1. The number of rotatable bonds is 7. The lowest BCUT2D eigenvalue weighted by Crippen LogP contribution is -2.09. The van der Waals surface area contributed by atoms with Crippen molar-refractivity contribution in [3.63, 3.8) is 0 Å². The fraction of sp³-hybridized carbons (Fsp3) is 0. The maximum Gasteiger partial charge on any atom is 0.101 e. The zero-order chi connectivity index (χ0) is 35.8. The first-order valence-corrected chi connectivity index (χ1v) is 18.4. The van der Waals surface area contributed by atoms with E-state index in [1.807, 2.05) is 0 Å². The average Bonchev–Trinajstić information content (AvgIpc) is 3.66. The van der Waals surface area contributed by atoms with E-state index < -0.39 is 0 Å². The second-order valence-corrected chi connectivity index (χ2v) is 13.7. The average molecular weight is 690 g/mol. The van der Waals surface area contributed by atoms with Crippen molar-refractivity contribution in [1.82, 2.24) is 9.61 Å². The molecule has 254 valence electrons. The van der Waals surface area contributed by atoms with Gasteiger partial charge in [-0.25, -0.2) is 4.52 Å². The van der Waals surface area contributed by atoms with Crippen molar-refractivity contribution >= 4 is 44.1 Å². The Morgan fingerprint density at radius 2 is 0.907 bits per heavy atom. The van der Waals surface area contributed by atoms with Crippen molar-refractivity contribution in [2.24, 2.45) is 0 Å². The molecule has 3 nitrogen and oxygen atoms in total. The molecule has 0 radical (unpaired) electrons. The molecule has 0 aliphatic heterocycles. The predicted molar refractivity (Wildman–Crippen MR) is 227 cm³/mol. The third-order valence-corrected chi connectivity index (χ3v) is 10.4. The van der Waals surface area contributed by atoms with Gasteiger partial charge in [-0.15, -0.1) is 0 Å². The highest BCUT2D eigenvalue weighted by molar-refractivity contribution is 6.09. The van der Waals surface area contributed by atoms with E-state index in [0.29, 0.717) is 0 Å². The number of hydrogen-bond acceptors (Lipinski definition) is 2. The summed E-state index contributed by atoms with van der Waals surface area (Å²) in [7, 11) is 0. The highest BCUT2D eigenvalue weighted by Crippen LogP contribution is 2.43. The summed E-state index contributed by atoms with van der Waals surface area (Å²) in [4.78, 5) is 2.35. The van der Waals surface area contributed by atoms with Crippen LogP contribution in [0.5, 0.6) is 0 Å². The Balaban J connectivity index is 1.18. The Morgan fingerprint density at radius 3 is 1.61 bits per heavy atom. The highest BCUT2D eigenvalue weighted by atomic mass is 15.2. The molecule has 10 aromatic rings. The minimum absolute atomic E-state index is 0.966. The molecule has 0 spiro atoms. The van der Waals surface area contributed by atoms with Crippen LogP contribution in [0.4, 0.5) is 17.1 Å². The maximum absolute atomic E-state index is 5.39. The summed E-state index contributed by atoms with van der Waals surface area (Å²) in [6.45, 7) is 0. The molecule has 8 aromatic carbocycles. The molecule has 10 rings (SSSR count). The molecule has 0 unspecified atom stereocenters. The van der Waals surface area contributed by atoms with Crippen LogP contribution in [0, 0.1) is 0 Å². The first-order chi connectivity index (χ1) is 26.8. The van der Waals surface area contributed by atoms with Crippen LogP contribution in [0.15, 0.2) is 212 Å². The first kappa shape index (κ1) is 31.5. The van der Waals surface area contributed by atoms with Crippen molar-refractivity contribution in [3.05, 3.63) is 212 Å². The molecular weight excluding hydrogens is 655 g/mol. The lowest BCUT2D eigenvalue weighted by atomic mass is 9.96. The topological polar surface area (TPSA) is 20.5 Å². The zero-order valence-electron chi connectivity index (χ0n) is 29.5. The smallest absolute Gasteiger partial charge is 0.101 e. The third kappa shape index (κ3) is 5.60. The molecule has 0 saturated heterocycles. The van der Waals surface area contributed by atoms with E-state index in [1.54, 1.807) is 0 Å². The van der Waals surface area contributed by atoms with Gasteiger partial charge in [-0.2, -0.15) is 5.10 Å². The standard InChI is InChI=1S/C51H35N3/c1-5-16-38(17-6-1)48-35-43-34-46(31-32-47(43)51-49(39-18-7-2-8-19-39)50(52-54(48)51)40-20-9-3-10-21-40)53(44-23-11-4-12-24-44)45-29-27-37(28-30-45)42-26-25-36-15-13-14-22-41(36)33-42/h1-35H. The molecule has 0 aliphatic rings. The van der Waals surface area contributed by atoms with E-state index in [1.165, 1.54) is 21.9 Å². The number of benzene rings is 8. The molecule has 0 saturated carbocycles. The monoisotopic (exact) mass is 689 g/mol. The van der Waals surface area contributed by atoms with Gasteiger partial charge in [-0.1, -0.05) is 164 Å². The lowest BCUT2D eigenvalue weighted by Gasteiger charge is -2.26. The van der Waals surface area contributed by atoms with Crippen molar-refractivity contribution in [3.8, 4) is 44.8 Å². The number of fused-ring (bicyclic) bond motifs is 4. The summed E-state index contributed by atoms with van der Waals surface area (Å²) in [6.07, 6.45) is 0. The minimum Gasteiger partial charge on any atom is -0.310 e. The number of aromatic nitrogens is 2. The third-order valence-electron chi connectivity index (χ3n) is 10.4. The number of pyridine rings is 1. The van der Waals surface area contributed by atoms with Gasteiger partial charge in [0.1, 0.15) is 5.69 Å². The van der Waals surface area contributed by atoms with Crippen LogP contribution in [-0.2, 0) is 0 Å². The Kier molecular flexibility index (Phi) is 7.81. The van der Waals surface area contributed by atoms with Gasteiger partial charge in [0, 0.05) is 39.1 Å². The largest absolute Gasteiger partial charge is 0.310 e. The molecule has 0 aliphatic carbocycles. The summed E-state index contributed by atoms with van der Waals surface area (Å²) >= 11 is 0. The summed E-state index contributed by atoms with van der Waals surface area (Å²) < 4.78 is 2.16. The first-order valence-electron chi connectivity index (χ1n) is 18.4. The quantitative estimate of drug-likeness (QED) is 0.166. The SMILES string of the molecule is c1ccc(-c2nn3c(-c4ccccc4)cc4cc(N(c5ccccc5)c5ccc(-c6ccc7ccccc7c6)cc5)ccc4c3c2-c2ccccc2)cc1. The number of nitrogens with zero attached hydrogens (tertiary/aromatic N) is 3. The Hall–Kier alpha value is -7.23. The molecule has 54 heavy (non-hydrogen) atoms. The van der Waals surface area contributed by atoms with E-state index in [2.05, 4.69) is 222 Å². The van der Waals surface area contributed by atoms with Crippen molar-refractivity contribution in [2.45, 2.75) is 0 Å². The Labute approximate surface area is 314 Å². The van der Waals surface area contributed by atoms with Gasteiger partial charge < -0.3 is 4.90 Å².